The summed E-state index contributed by atoms with van der Waals surface area (Å²) < 4.78 is 14.7. The largest absolute Gasteiger partial charge is 0.489 e. The van der Waals surface area contributed by atoms with E-state index < -0.39 is 8.07 Å². The van der Waals surface area contributed by atoms with E-state index in [1.807, 2.05) is 18.2 Å². The lowest BCUT2D eigenvalue weighted by Crippen LogP contribution is -2.33. The van der Waals surface area contributed by atoms with Gasteiger partial charge in [0.05, 0.1) is 11.0 Å². The SMILES string of the molecule is C[Si](C)(C)CCOCn1c(N2CCc3ccc(OCc4ccccc4)cc3C2)nc2cc(-c3ccccc3)ccc21. The standard InChI is InChI=1S/C35H39N3O2Si/c1-41(2,3)21-20-39-26-38-34-17-15-30(28-12-8-5-9-13-28)23-33(34)36-35(38)37-19-18-29-14-16-32(22-31(29)24-37)40-25-27-10-6-4-7-11-27/h4-17,22-23H,18-21,24-26H2,1-3H3. The number of benzene rings is 4. The minimum Gasteiger partial charge on any atom is -0.489 e. The van der Waals surface area contributed by atoms with Crippen molar-refractivity contribution in [2.45, 2.75) is 52.0 Å². The maximum absolute atomic E-state index is 6.28. The lowest BCUT2D eigenvalue weighted by molar-refractivity contribution is 0.0905. The Labute approximate surface area is 244 Å². The molecule has 1 aliphatic heterocycles. The van der Waals surface area contributed by atoms with Crippen molar-refractivity contribution in [3.05, 3.63) is 114 Å². The number of ether oxygens (including phenoxy) is 2. The summed E-state index contributed by atoms with van der Waals surface area (Å²) in [6.07, 6.45) is 0.975. The molecule has 0 fully saturated rings. The van der Waals surface area contributed by atoms with Crippen molar-refractivity contribution >= 4 is 25.1 Å². The van der Waals surface area contributed by atoms with Crippen molar-refractivity contribution in [3.8, 4) is 16.9 Å². The molecule has 0 spiro atoms. The number of imidazole rings is 1. The highest BCUT2D eigenvalue weighted by Crippen LogP contribution is 2.32. The van der Waals surface area contributed by atoms with Gasteiger partial charge in [0.15, 0.2) is 0 Å². The van der Waals surface area contributed by atoms with E-state index in [2.05, 4.69) is 108 Å². The van der Waals surface area contributed by atoms with Crippen LogP contribution in [0.25, 0.3) is 22.2 Å². The van der Waals surface area contributed by atoms with Gasteiger partial charge in [-0.2, -0.15) is 0 Å². The zero-order valence-electron chi connectivity index (χ0n) is 24.3. The van der Waals surface area contributed by atoms with Crippen LogP contribution in [0.15, 0.2) is 97.1 Å². The summed E-state index contributed by atoms with van der Waals surface area (Å²) in [5, 5.41) is 0. The summed E-state index contributed by atoms with van der Waals surface area (Å²) in [6.45, 7) is 10.7. The smallest absolute Gasteiger partial charge is 0.208 e. The number of hydrogen-bond donors (Lipinski definition) is 0. The van der Waals surface area contributed by atoms with Gasteiger partial charge in [-0.1, -0.05) is 92.4 Å². The number of aromatic nitrogens is 2. The third kappa shape index (κ3) is 6.55. The molecule has 4 aromatic carbocycles. The highest BCUT2D eigenvalue weighted by Gasteiger charge is 2.23. The molecule has 0 amide bonds. The number of anilines is 1. The Hall–Kier alpha value is -3.87. The maximum Gasteiger partial charge on any atom is 0.208 e. The number of nitrogens with zero attached hydrogens (tertiary/aromatic N) is 3. The van der Waals surface area contributed by atoms with Crippen LogP contribution in [0, 0.1) is 0 Å². The Kier molecular flexibility index (Phi) is 7.94. The molecule has 0 N–H and O–H groups in total. The Morgan fingerprint density at radius 3 is 2.37 bits per heavy atom. The molecule has 1 aromatic heterocycles. The molecular weight excluding hydrogens is 522 g/mol. The molecule has 41 heavy (non-hydrogen) atoms. The Morgan fingerprint density at radius 2 is 1.59 bits per heavy atom. The van der Waals surface area contributed by atoms with Gasteiger partial charge in [-0.3, -0.25) is 4.57 Å². The van der Waals surface area contributed by atoms with Gasteiger partial charge in [0.2, 0.25) is 5.95 Å². The first-order valence-electron chi connectivity index (χ1n) is 14.6. The summed E-state index contributed by atoms with van der Waals surface area (Å²) in [5.74, 6) is 1.88. The van der Waals surface area contributed by atoms with Gasteiger partial charge in [0, 0.05) is 27.8 Å². The molecule has 6 heteroatoms. The molecule has 0 atom stereocenters. The van der Waals surface area contributed by atoms with Crippen LogP contribution in [0.4, 0.5) is 5.95 Å². The molecule has 5 nitrogen and oxygen atoms in total. The molecule has 1 aliphatic rings. The second-order valence-corrected chi connectivity index (χ2v) is 17.8. The lowest BCUT2D eigenvalue weighted by Gasteiger charge is -2.30. The zero-order valence-corrected chi connectivity index (χ0v) is 25.3. The van der Waals surface area contributed by atoms with E-state index in [0.717, 1.165) is 54.9 Å². The first-order chi connectivity index (χ1) is 19.9. The Morgan fingerprint density at radius 1 is 0.805 bits per heavy atom. The average molecular weight is 562 g/mol. The molecule has 0 unspecified atom stereocenters. The summed E-state index contributed by atoms with van der Waals surface area (Å²) in [5.41, 5.74) is 8.34. The van der Waals surface area contributed by atoms with Crippen molar-refractivity contribution < 1.29 is 9.47 Å². The Balaban J connectivity index is 1.27. The average Bonchev–Trinajstić information content (AvgIpc) is 3.36. The van der Waals surface area contributed by atoms with Crippen molar-refractivity contribution in [2.75, 3.05) is 18.1 Å². The van der Waals surface area contributed by atoms with Crippen molar-refractivity contribution in [1.29, 1.82) is 0 Å². The van der Waals surface area contributed by atoms with E-state index in [1.165, 1.54) is 27.8 Å². The fourth-order valence-corrected chi connectivity index (χ4v) is 6.12. The number of hydrogen-bond acceptors (Lipinski definition) is 4. The molecule has 210 valence electrons. The summed E-state index contributed by atoms with van der Waals surface area (Å²) in [7, 11) is -1.17. The zero-order chi connectivity index (χ0) is 28.2. The predicted octanol–water partition coefficient (Wildman–Crippen LogP) is 8.16. The van der Waals surface area contributed by atoms with Crippen LogP contribution >= 0.6 is 0 Å². The summed E-state index contributed by atoms with van der Waals surface area (Å²) >= 11 is 0. The fraction of sp³-hybridized carbons (Fsp3) is 0.286. The van der Waals surface area contributed by atoms with Gasteiger partial charge in [0.25, 0.3) is 0 Å². The first-order valence-corrected chi connectivity index (χ1v) is 18.3. The van der Waals surface area contributed by atoms with E-state index in [9.17, 15) is 0 Å². The topological polar surface area (TPSA) is 39.5 Å². The minimum absolute atomic E-state index is 0.505. The molecule has 6 rings (SSSR count). The molecule has 0 aliphatic carbocycles. The van der Waals surface area contributed by atoms with E-state index in [1.54, 1.807) is 0 Å². The van der Waals surface area contributed by atoms with E-state index >= 15 is 0 Å². The molecule has 0 saturated carbocycles. The van der Waals surface area contributed by atoms with Gasteiger partial charge in [0.1, 0.15) is 19.1 Å². The highest BCUT2D eigenvalue weighted by molar-refractivity contribution is 6.76. The second kappa shape index (κ2) is 11.9. The summed E-state index contributed by atoms with van der Waals surface area (Å²) in [4.78, 5) is 7.60. The van der Waals surface area contributed by atoms with Crippen LogP contribution in [0.5, 0.6) is 5.75 Å². The van der Waals surface area contributed by atoms with E-state index in [-0.39, 0.29) is 0 Å². The molecule has 0 radical (unpaired) electrons. The number of fused-ring (bicyclic) bond motifs is 2. The molecular formula is C35H39N3O2Si. The third-order valence-corrected chi connectivity index (χ3v) is 9.48. The van der Waals surface area contributed by atoms with Crippen molar-refractivity contribution in [3.63, 3.8) is 0 Å². The van der Waals surface area contributed by atoms with Crippen LogP contribution in [-0.4, -0.2) is 30.8 Å². The van der Waals surface area contributed by atoms with Crippen LogP contribution < -0.4 is 9.64 Å². The van der Waals surface area contributed by atoms with Gasteiger partial charge in [-0.25, -0.2) is 4.98 Å². The van der Waals surface area contributed by atoms with Gasteiger partial charge in [-0.15, -0.1) is 0 Å². The minimum atomic E-state index is -1.17. The van der Waals surface area contributed by atoms with Crippen molar-refractivity contribution in [1.82, 2.24) is 9.55 Å². The van der Waals surface area contributed by atoms with Crippen LogP contribution in [-0.2, 0) is 31.0 Å². The van der Waals surface area contributed by atoms with Crippen LogP contribution in [0.3, 0.4) is 0 Å². The number of rotatable bonds is 10. The molecule has 0 bridgehead atoms. The molecule has 5 aromatic rings. The van der Waals surface area contributed by atoms with E-state index in [0.29, 0.717) is 13.3 Å². The van der Waals surface area contributed by atoms with Crippen LogP contribution in [0.1, 0.15) is 16.7 Å². The second-order valence-electron chi connectivity index (χ2n) is 12.1. The van der Waals surface area contributed by atoms with E-state index in [4.69, 9.17) is 14.5 Å². The maximum atomic E-state index is 6.28. The third-order valence-electron chi connectivity index (χ3n) is 7.77. The van der Waals surface area contributed by atoms with Crippen LogP contribution in [0.2, 0.25) is 25.7 Å². The highest BCUT2D eigenvalue weighted by atomic mass is 28.3. The van der Waals surface area contributed by atoms with Gasteiger partial charge in [-0.05, 0) is 64.5 Å². The van der Waals surface area contributed by atoms with Crippen molar-refractivity contribution in [2.24, 2.45) is 0 Å². The predicted molar refractivity (Wildman–Crippen MR) is 171 cm³/mol. The lowest BCUT2D eigenvalue weighted by atomic mass is 10.00. The fourth-order valence-electron chi connectivity index (χ4n) is 5.36. The molecule has 2 heterocycles. The van der Waals surface area contributed by atoms with Gasteiger partial charge < -0.3 is 14.4 Å². The quantitative estimate of drug-likeness (QED) is 0.127. The monoisotopic (exact) mass is 561 g/mol. The Bertz CT molecular complexity index is 1610. The van der Waals surface area contributed by atoms with Gasteiger partial charge >= 0.3 is 0 Å². The first kappa shape index (κ1) is 27.3. The molecule has 0 saturated heterocycles. The summed E-state index contributed by atoms with van der Waals surface area (Å²) in [6, 6.07) is 35.1. The normalized spacial score (nSPS) is 13.4.